The van der Waals surface area contributed by atoms with Gasteiger partial charge >= 0.3 is 0 Å². The second-order valence-corrected chi connectivity index (χ2v) is 7.00. The molecule has 0 heterocycles. The highest BCUT2D eigenvalue weighted by Crippen LogP contribution is 2.17. The molecule has 1 atom stereocenters. The molecule has 4 heteroatoms. The van der Waals surface area contributed by atoms with Gasteiger partial charge in [-0.2, -0.15) is 0 Å². The van der Waals surface area contributed by atoms with Crippen LogP contribution in [0.5, 0.6) is 0 Å². The van der Waals surface area contributed by atoms with Gasteiger partial charge in [0.2, 0.25) is 0 Å². The van der Waals surface area contributed by atoms with Crippen molar-refractivity contribution in [1.82, 2.24) is 5.32 Å². The molecule has 1 unspecified atom stereocenters. The zero-order chi connectivity index (χ0) is 11.3. The first-order valence-electron chi connectivity index (χ1n) is 6.00. The van der Waals surface area contributed by atoms with E-state index < -0.39 is 9.84 Å². The van der Waals surface area contributed by atoms with Crippen molar-refractivity contribution < 1.29 is 8.42 Å². The van der Waals surface area contributed by atoms with Gasteiger partial charge in [-0.1, -0.05) is 26.2 Å². The number of rotatable bonds is 5. The Hall–Kier alpha value is -0.0900. The minimum atomic E-state index is -2.83. The van der Waals surface area contributed by atoms with Gasteiger partial charge in [0.25, 0.3) is 0 Å². The Bertz CT molecular complexity index is 268. The average molecular weight is 233 g/mol. The Kier molecular flexibility index (Phi) is 5.06. The van der Waals surface area contributed by atoms with E-state index in [-0.39, 0.29) is 17.5 Å². The molecule has 1 saturated carbocycles. The van der Waals surface area contributed by atoms with Gasteiger partial charge in [0, 0.05) is 17.8 Å². The van der Waals surface area contributed by atoms with Crippen LogP contribution in [0.4, 0.5) is 0 Å². The Morgan fingerprint density at radius 3 is 2.40 bits per heavy atom. The predicted octanol–water partition coefficient (Wildman–Crippen LogP) is 1.73. The number of sulfone groups is 1. The Labute approximate surface area is 93.6 Å². The van der Waals surface area contributed by atoms with E-state index in [2.05, 4.69) is 5.32 Å². The molecule has 90 valence electrons. The van der Waals surface area contributed by atoms with Crippen molar-refractivity contribution in [2.45, 2.75) is 58.0 Å². The third-order valence-electron chi connectivity index (χ3n) is 3.07. The monoisotopic (exact) mass is 233 g/mol. The molecule has 0 aliphatic heterocycles. The standard InChI is InChI=1S/C11H23NO2S/c1-3-15(13,14)9-10(2)12-11-7-5-4-6-8-11/h10-12H,3-9H2,1-2H3. The molecule has 15 heavy (non-hydrogen) atoms. The van der Waals surface area contributed by atoms with Crippen molar-refractivity contribution in [3.05, 3.63) is 0 Å². The van der Waals surface area contributed by atoms with Crippen LogP contribution in [0, 0.1) is 0 Å². The number of nitrogens with one attached hydrogen (secondary N) is 1. The number of hydrogen-bond acceptors (Lipinski definition) is 3. The summed E-state index contributed by atoms with van der Waals surface area (Å²) in [4.78, 5) is 0. The summed E-state index contributed by atoms with van der Waals surface area (Å²) in [6.45, 7) is 3.68. The fourth-order valence-corrected chi connectivity index (χ4v) is 3.31. The molecule has 0 amide bonds. The highest BCUT2D eigenvalue weighted by atomic mass is 32.2. The van der Waals surface area contributed by atoms with Crippen LogP contribution in [0.25, 0.3) is 0 Å². The summed E-state index contributed by atoms with van der Waals surface area (Å²) < 4.78 is 22.8. The lowest BCUT2D eigenvalue weighted by molar-refractivity contribution is 0.352. The molecule has 0 aromatic carbocycles. The second-order valence-electron chi connectivity index (χ2n) is 4.60. The average Bonchev–Trinajstić information content (AvgIpc) is 2.18. The first kappa shape index (κ1) is 13.0. The van der Waals surface area contributed by atoms with Gasteiger partial charge in [-0.15, -0.1) is 0 Å². The minimum Gasteiger partial charge on any atom is -0.310 e. The van der Waals surface area contributed by atoms with Crippen LogP contribution in [-0.2, 0) is 9.84 Å². The van der Waals surface area contributed by atoms with Gasteiger partial charge in [-0.25, -0.2) is 8.42 Å². The predicted molar refractivity (Wildman–Crippen MR) is 63.8 cm³/mol. The molecule has 0 aromatic heterocycles. The molecule has 0 saturated heterocycles. The summed E-state index contributed by atoms with van der Waals surface area (Å²) >= 11 is 0. The van der Waals surface area contributed by atoms with E-state index in [1.807, 2.05) is 6.92 Å². The molecular weight excluding hydrogens is 210 g/mol. The van der Waals surface area contributed by atoms with E-state index in [9.17, 15) is 8.42 Å². The van der Waals surface area contributed by atoms with Crippen molar-refractivity contribution in [2.75, 3.05) is 11.5 Å². The SMILES string of the molecule is CCS(=O)(=O)CC(C)NC1CCCCC1. The maximum absolute atomic E-state index is 11.4. The molecule has 0 bridgehead atoms. The summed E-state index contributed by atoms with van der Waals surface area (Å²) in [5, 5.41) is 3.43. The fourth-order valence-electron chi connectivity index (χ4n) is 2.22. The number of hydrogen-bond donors (Lipinski definition) is 1. The van der Waals surface area contributed by atoms with Crippen molar-refractivity contribution >= 4 is 9.84 Å². The zero-order valence-electron chi connectivity index (χ0n) is 9.83. The van der Waals surface area contributed by atoms with Gasteiger partial charge in [0.15, 0.2) is 9.84 Å². The third kappa shape index (κ3) is 4.98. The quantitative estimate of drug-likeness (QED) is 0.786. The molecule has 0 aromatic rings. The summed E-state index contributed by atoms with van der Waals surface area (Å²) in [5.74, 6) is 0.531. The smallest absolute Gasteiger partial charge is 0.151 e. The maximum Gasteiger partial charge on any atom is 0.151 e. The Morgan fingerprint density at radius 2 is 1.87 bits per heavy atom. The van der Waals surface area contributed by atoms with Crippen LogP contribution in [-0.4, -0.2) is 32.0 Å². The van der Waals surface area contributed by atoms with Gasteiger partial charge in [-0.3, -0.25) is 0 Å². The van der Waals surface area contributed by atoms with Gasteiger partial charge < -0.3 is 5.32 Å². The van der Waals surface area contributed by atoms with E-state index in [0.717, 1.165) is 0 Å². The molecule has 1 N–H and O–H groups in total. The van der Waals surface area contributed by atoms with Crippen LogP contribution in [0.1, 0.15) is 46.0 Å². The molecule has 1 rings (SSSR count). The highest BCUT2D eigenvalue weighted by molar-refractivity contribution is 7.91. The van der Waals surface area contributed by atoms with Gasteiger partial charge in [0.05, 0.1) is 5.75 Å². The van der Waals surface area contributed by atoms with Gasteiger partial charge in [0.1, 0.15) is 0 Å². The van der Waals surface area contributed by atoms with E-state index in [4.69, 9.17) is 0 Å². The van der Waals surface area contributed by atoms with E-state index in [1.165, 1.54) is 32.1 Å². The summed E-state index contributed by atoms with van der Waals surface area (Å²) in [7, 11) is -2.83. The van der Waals surface area contributed by atoms with Gasteiger partial charge in [-0.05, 0) is 19.8 Å². The minimum absolute atomic E-state index is 0.0954. The maximum atomic E-state index is 11.4. The Balaban J connectivity index is 2.31. The summed E-state index contributed by atoms with van der Waals surface area (Å²) in [6, 6.07) is 0.638. The fraction of sp³-hybridized carbons (Fsp3) is 1.00. The molecule has 1 fully saturated rings. The van der Waals surface area contributed by atoms with Crippen molar-refractivity contribution in [3.63, 3.8) is 0 Å². The molecule has 1 aliphatic rings. The summed E-state index contributed by atoms with van der Waals surface area (Å²) in [5.41, 5.74) is 0. The molecule has 0 spiro atoms. The van der Waals surface area contributed by atoms with Crippen molar-refractivity contribution in [1.29, 1.82) is 0 Å². The van der Waals surface area contributed by atoms with Crippen molar-refractivity contribution in [2.24, 2.45) is 0 Å². The Morgan fingerprint density at radius 1 is 1.27 bits per heavy atom. The van der Waals surface area contributed by atoms with E-state index in [1.54, 1.807) is 6.92 Å². The van der Waals surface area contributed by atoms with Crippen LogP contribution in [0.3, 0.4) is 0 Å². The summed E-state index contributed by atoms with van der Waals surface area (Å²) in [6.07, 6.45) is 6.31. The lowest BCUT2D eigenvalue weighted by atomic mass is 9.95. The van der Waals surface area contributed by atoms with E-state index >= 15 is 0 Å². The third-order valence-corrected chi connectivity index (χ3v) is 4.96. The first-order valence-corrected chi connectivity index (χ1v) is 7.82. The molecular formula is C11H23NO2S. The van der Waals surface area contributed by atoms with Crippen LogP contribution in [0.15, 0.2) is 0 Å². The topological polar surface area (TPSA) is 46.2 Å². The first-order chi connectivity index (χ1) is 7.03. The normalized spacial score (nSPS) is 21.5. The lowest BCUT2D eigenvalue weighted by Crippen LogP contribution is -2.41. The second kappa shape index (κ2) is 5.85. The van der Waals surface area contributed by atoms with Crippen LogP contribution in [0.2, 0.25) is 0 Å². The van der Waals surface area contributed by atoms with Crippen LogP contribution >= 0.6 is 0 Å². The lowest BCUT2D eigenvalue weighted by Gasteiger charge is -2.26. The van der Waals surface area contributed by atoms with E-state index in [0.29, 0.717) is 6.04 Å². The molecule has 0 radical (unpaired) electrons. The molecule has 3 nitrogen and oxygen atoms in total. The molecule has 1 aliphatic carbocycles. The van der Waals surface area contributed by atoms with Crippen molar-refractivity contribution in [3.8, 4) is 0 Å². The largest absolute Gasteiger partial charge is 0.310 e. The zero-order valence-corrected chi connectivity index (χ0v) is 10.6. The highest BCUT2D eigenvalue weighted by Gasteiger charge is 2.18. The van der Waals surface area contributed by atoms with Crippen LogP contribution < -0.4 is 5.32 Å².